The van der Waals surface area contributed by atoms with Crippen LogP contribution < -0.4 is 75.7 Å². The van der Waals surface area contributed by atoms with Crippen LogP contribution in [0.3, 0.4) is 0 Å². The van der Waals surface area contributed by atoms with Crippen molar-refractivity contribution in [3.8, 4) is 5.75 Å². The molecule has 14 atom stereocenters. The van der Waals surface area contributed by atoms with Crippen molar-refractivity contribution >= 4 is 140 Å². The highest BCUT2D eigenvalue weighted by molar-refractivity contribution is 8.00. The molecule has 0 spiro atoms. The number of carbonyl (C=O) groups excluding carboxylic acids is 17. The van der Waals surface area contributed by atoms with Gasteiger partial charge in [-0.15, -0.1) is 11.8 Å². The summed E-state index contributed by atoms with van der Waals surface area (Å²) in [6, 6.07) is -1.91. The Morgan fingerprint density at radius 3 is 1.52 bits per heavy atom. The molecule has 3 aliphatic heterocycles. The summed E-state index contributed by atoms with van der Waals surface area (Å²) < 4.78 is 0. The van der Waals surface area contributed by atoms with Gasteiger partial charge in [-0.3, -0.25) is 86.9 Å². The Hall–Kier alpha value is -12.9. The van der Waals surface area contributed by atoms with Gasteiger partial charge in [0.05, 0.1) is 31.9 Å². The van der Waals surface area contributed by atoms with Gasteiger partial charge in [0.1, 0.15) is 90.3 Å². The molecule has 17 amide bonds. The largest absolute Gasteiger partial charge is 0.508 e. The lowest BCUT2D eigenvalue weighted by molar-refractivity contribution is -0.149. The van der Waals surface area contributed by atoms with Gasteiger partial charge in [-0.2, -0.15) is 0 Å². The number of aromatic nitrogens is 2. The van der Waals surface area contributed by atoms with Gasteiger partial charge in [-0.1, -0.05) is 102 Å². The Balaban J connectivity index is 1.18. The standard InChI is InChI=1S/C88H126N22O20S/c1-9-11-25-67-80(123)98-58(24-17-33-93-88(91)92)76(119)105-66(75(118)96-43-72(90)115)46-131-47-73(116)97-61(37-50-29-31-53(113)32-30-50)83(126)106(6)49(5)74(117)100-63(40-71(89)114)86(129)110-35-19-28-69(110)82(125)104-65(45-112)79(122)101-60(36-48(3)4)85(128)109-34-18-27-68(109)81(124)99-59(38-51-41-94-56-22-15-13-20-54(51)56)77(120)103-64(44-111)78(121)102-62(39-52-42-95-57-23-16-14-21-55(52)57)84(127)108(8)70(26-12-10-2)87(130)107(67)7/h13-16,20-23,29-32,41-42,48-49,58-70,94-95,111-113H,9-12,17-19,24-28,33-40,43-47H2,1-8H3,(H2,89,114)(H2,90,115)(H,96,118)(H,97,116)(H,98,123)(H,99,124)(H,100,117)(H,101,122)(H,102,121)(H,103,120)(H,104,125)(H,105,119)(H4,91,92,93)/t49-,58-,59-,60-,61-,62-,63-,64-,65-,66?,67-,68-,69-,70-/m0/s1. The lowest BCUT2D eigenvalue weighted by atomic mass is 10.00. The first-order valence-electron chi connectivity index (χ1n) is 44.1. The molecule has 0 bridgehead atoms. The van der Waals surface area contributed by atoms with E-state index in [0.29, 0.717) is 64.2 Å². The average Bonchev–Trinajstić information content (AvgIpc) is 1.56. The van der Waals surface area contributed by atoms with Crippen molar-refractivity contribution in [1.29, 1.82) is 5.41 Å². The number of guanidine groups is 1. The van der Waals surface area contributed by atoms with Crippen molar-refractivity contribution in [1.82, 2.24) is 93.0 Å². The zero-order chi connectivity index (χ0) is 96.0. The fourth-order valence-corrected chi connectivity index (χ4v) is 17.0. The van der Waals surface area contributed by atoms with E-state index in [1.165, 1.54) is 57.2 Å². The molecule has 714 valence electrons. The van der Waals surface area contributed by atoms with E-state index in [1.54, 1.807) is 74.8 Å². The molecule has 43 heteroatoms. The van der Waals surface area contributed by atoms with E-state index in [0.717, 1.165) is 31.4 Å². The van der Waals surface area contributed by atoms with E-state index in [2.05, 4.69) is 68.5 Å². The Bertz CT molecular complexity index is 4910. The number of phenols is 1. The third kappa shape index (κ3) is 29.0. The average molecular weight is 1840 g/mol. The molecular formula is C88H126N22O20S. The summed E-state index contributed by atoms with van der Waals surface area (Å²) >= 11 is 0.759. The number of rotatable bonds is 25. The third-order valence-corrected chi connectivity index (χ3v) is 24.5. The minimum Gasteiger partial charge on any atom is -0.508 e. The molecule has 131 heavy (non-hydrogen) atoms. The van der Waals surface area contributed by atoms with Crippen LogP contribution in [0.15, 0.2) is 85.2 Å². The zero-order valence-corrected chi connectivity index (χ0v) is 75.9. The number of para-hydroxylation sites is 2. The number of thioether (sulfide) groups is 1. The Labute approximate surface area is 762 Å². The first kappa shape index (κ1) is 103. The fraction of sp³-hybridized carbons (Fsp3) is 0.545. The molecule has 3 aromatic carbocycles. The van der Waals surface area contributed by atoms with Gasteiger partial charge in [0.15, 0.2) is 5.96 Å². The quantitative estimate of drug-likeness (QED) is 0.0159. The van der Waals surface area contributed by atoms with E-state index < -0.39 is 229 Å². The molecule has 0 saturated carbocycles. The highest BCUT2D eigenvalue weighted by Gasteiger charge is 2.45. The Kier molecular flexibility index (Phi) is 39.3. The molecule has 5 heterocycles. The molecule has 0 aliphatic carbocycles. The van der Waals surface area contributed by atoms with E-state index in [-0.39, 0.29) is 108 Å². The van der Waals surface area contributed by atoms with Gasteiger partial charge in [-0.25, -0.2) is 0 Å². The molecule has 8 rings (SSSR count). The number of nitrogens with two attached hydrogens (primary N) is 3. The zero-order valence-electron chi connectivity index (χ0n) is 75.1. The Morgan fingerprint density at radius 1 is 0.504 bits per heavy atom. The van der Waals surface area contributed by atoms with E-state index in [1.807, 2.05) is 13.8 Å². The van der Waals surface area contributed by atoms with E-state index in [4.69, 9.17) is 22.6 Å². The van der Waals surface area contributed by atoms with Crippen molar-refractivity contribution in [2.45, 2.75) is 228 Å². The minimum atomic E-state index is -1.85. The number of aromatic hydroxyl groups is 1. The van der Waals surface area contributed by atoms with Gasteiger partial charge in [0.2, 0.25) is 100 Å². The summed E-state index contributed by atoms with van der Waals surface area (Å²) in [5.74, 6) is -17.9. The second-order valence-electron chi connectivity index (χ2n) is 33.7. The van der Waals surface area contributed by atoms with Crippen molar-refractivity contribution in [2.75, 3.05) is 72.0 Å². The van der Waals surface area contributed by atoms with Gasteiger partial charge in [0, 0.05) is 100.0 Å². The number of hydrogen-bond acceptors (Lipinski definition) is 22. The first-order valence-corrected chi connectivity index (χ1v) is 45.3. The van der Waals surface area contributed by atoms with Crippen molar-refractivity contribution < 1.29 is 96.8 Å². The lowest BCUT2D eigenvalue weighted by Crippen LogP contribution is -2.62. The minimum absolute atomic E-state index is 0.000875. The van der Waals surface area contributed by atoms with Crippen LogP contribution in [0.2, 0.25) is 0 Å². The molecule has 3 aliphatic rings. The lowest BCUT2D eigenvalue weighted by Gasteiger charge is -2.36. The third-order valence-electron chi connectivity index (χ3n) is 23.5. The smallest absolute Gasteiger partial charge is 0.246 e. The topological polar surface area (TPSA) is 633 Å². The summed E-state index contributed by atoms with van der Waals surface area (Å²) in [5.41, 5.74) is 19.5. The number of aliphatic hydroxyl groups is 2. The van der Waals surface area contributed by atoms with Crippen LogP contribution in [-0.4, -0.2) is 313 Å². The summed E-state index contributed by atoms with van der Waals surface area (Å²) in [7, 11) is 3.91. The second-order valence-corrected chi connectivity index (χ2v) is 34.7. The Morgan fingerprint density at radius 2 is 0.977 bits per heavy atom. The van der Waals surface area contributed by atoms with Gasteiger partial charge in [-0.05, 0) is 112 Å². The van der Waals surface area contributed by atoms with Crippen molar-refractivity contribution in [2.24, 2.45) is 23.1 Å². The summed E-state index contributed by atoms with van der Waals surface area (Å²) in [6.45, 7) is 5.43. The monoisotopic (exact) mass is 1840 g/mol. The van der Waals surface area contributed by atoms with Gasteiger partial charge >= 0.3 is 0 Å². The molecule has 2 aromatic heterocycles. The number of aliphatic hydroxyl groups excluding tert-OH is 2. The number of amides is 17. The van der Waals surface area contributed by atoms with Crippen molar-refractivity contribution in [3.63, 3.8) is 0 Å². The van der Waals surface area contributed by atoms with Crippen LogP contribution in [0.1, 0.15) is 141 Å². The SMILES string of the molecule is CCCC[C@H]1C(=O)N(C)[C@@H](CCCC)C(=O)N[C@@H](CCCNC(=N)N)C(=O)NC(C(=O)NCC(N)=O)CSCC(=O)N[C@@H](Cc2ccc(O)cc2)C(=O)N(C)[C@@H](C)C(=O)N[C@@H](CC(N)=O)C(=O)N2CCC[C@H]2C(=O)N[C@@H](CO)C(=O)N[C@@H](CC(C)C)C(=O)N2CCC[C@H]2C(=O)N[C@@H](Cc2c[nH]c3ccccc23)C(=O)N[C@@H](CO)C(=O)N[C@@H](Cc2c[nH]c3ccccc23)C(=O)N1C. The maximum atomic E-state index is 15.7. The van der Waals surface area contributed by atoms with Crippen LogP contribution >= 0.6 is 11.8 Å². The molecule has 3 fully saturated rings. The molecule has 0 radical (unpaired) electrons. The van der Waals surface area contributed by atoms with Crippen molar-refractivity contribution in [3.05, 3.63) is 102 Å². The highest BCUT2D eigenvalue weighted by atomic mass is 32.2. The number of hydrogen-bond donors (Lipinski definition) is 20. The van der Waals surface area contributed by atoms with E-state index in [9.17, 15) is 63.3 Å². The summed E-state index contributed by atoms with van der Waals surface area (Å²) in [6.07, 6.45) is 3.50. The fourth-order valence-electron chi connectivity index (χ4n) is 16.2. The van der Waals surface area contributed by atoms with Crippen LogP contribution in [-0.2, 0) is 101 Å². The number of benzene rings is 3. The predicted octanol–water partition coefficient (Wildman–Crippen LogP) is -2.87. The predicted molar refractivity (Wildman–Crippen MR) is 483 cm³/mol. The number of H-pyrrole nitrogens is 2. The van der Waals surface area contributed by atoms with Crippen LogP contribution in [0.5, 0.6) is 5.75 Å². The highest BCUT2D eigenvalue weighted by Crippen LogP contribution is 2.28. The number of carbonyl (C=O) groups is 17. The summed E-state index contributed by atoms with van der Waals surface area (Å²) in [5, 5.41) is 70.0. The normalized spacial score (nSPS) is 24.6. The molecule has 42 nitrogen and oxygen atoms in total. The maximum Gasteiger partial charge on any atom is 0.246 e. The van der Waals surface area contributed by atoms with Crippen LogP contribution in [0.25, 0.3) is 21.8 Å². The molecule has 23 N–H and O–H groups in total. The molecule has 3 saturated heterocycles. The number of unbranched alkanes of at least 4 members (excludes halogenated alkanes) is 2. The molecule has 1 unspecified atom stereocenters. The maximum absolute atomic E-state index is 15.7. The number of fused-ring (bicyclic) bond motifs is 4. The number of nitrogens with one attached hydrogen (secondary N) is 14. The number of nitrogens with zero attached hydrogens (tertiary/aromatic N) is 5. The van der Waals surface area contributed by atoms with E-state index >= 15 is 33.6 Å². The second kappa shape index (κ2) is 49.7. The van der Waals surface area contributed by atoms with Gasteiger partial charge < -0.3 is 125 Å². The number of phenolic OH excluding ortho intramolecular Hbond substituents is 1. The number of aromatic amines is 2. The number of likely N-dealkylation sites (N-methyl/N-ethyl adjacent to an activating group) is 3. The summed E-state index contributed by atoms with van der Waals surface area (Å²) in [4.78, 5) is 260. The number of primary amides is 2. The van der Waals surface area contributed by atoms with Crippen LogP contribution in [0.4, 0.5) is 0 Å². The molecule has 5 aromatic rings. The van der Waals surface area contributed by atoms with Gasteiger partial charge in [0.25, 0.3) is 0 Å². The van der Waals surface area contributed by atoms with Crippen LogP contribution in [0, 0.1) is 11.3 Å². The molecular weight excluding hydrogens is 1720 g/mol. The first-order chi connectivity index (χ1) is 62.4.